The van der Waals surface area contributed by atoms with E-state index in [9.17, 15) is 13.2 Å². The van der Waals surface area contributed by atoms with E-state index in [0.29, 0.717) is 0 Å². The zero-order valence-corrected chi connectivity index (χ0v) is 7.50. The molecular formula is C5H9LiO5S. The first-order valence-electron chi connectivity index (χ1n) is 2.70. The number of hydrogen-bond acceptors (Lipinski definition) is 4. The zero-order chi connectivity index (χ0) is 8.91. The van der Waals surface area contributed by atoms with E-state index in [1.165, 1.54) is 0 Å². The van der Waals surface area contributed by atoms with Crippen LogP contribution in [0.3, 0.4) is 0 Å². The number of carbonyl (C=O) groups excluding carboxylic acids is 1. The number of esters is 1. The molecule has 66 valence electrons. The van der Waals surface area contributed by atoms with E-state index in [0.717, 1.165) is 6.08 Å². The van der Waals surface area contributed by atoms with Crippen LogP contribution in [0.25, 0.3) is 0 Å². The van der Waals surface area contributed by atoms with Crippen LogP contribution in [0.1, 0.15) is 1.43 Å². The average Bonchev–Trinajstić information content (AvgIpc) is 1.85. The maximum Gasteiger partial charge on any atom is 1.00 e. The van der Waals surface area contributed by atoms with Gasteiger partial charge in [0, 0.05) is 6.08 Å². The molecule has 0 rings (SSSR count). The number of carbonyl (C=O) groups is 1. The number of hydrogen-bond donors (Lipinski definition) is 1. The van der Waals surface area contributed by atoms with Gasteiger partial charge >= 0.3 is 24.8 Å². The van der Waals surface area contributed by atoms with Crippen molar-refractivity contribution in [3.8, 4) is 0 Å². The van der Waals surface area contributed by atoms with Crippen LogP contribution >= 0.6 is 0 Å². The Balaban J connectivity index is -0.000000500. The molecule has 1 N–H and O–H groups in total. The van der Waals surface area contributed by atoms with E-state index in [4.69, 9.17) is 4.55 Å². The minimum Gasteiger partial charge on any atom is -1.00 e. The Morgan fingerprint density at radius 2 is 2.17 bits per heavy atom. The van der Waals surface area contributed by atoms with Crippen molar-refractivity contribution < 1.29 is 42.8 Å². The fourth-order valence-electron chi connectivity index (χ4n) is 0.306. The molecule has 0 aromatic rings. The molecule has 0 aliphatic rings. The Morgan fingerprint density at radius 3 is 2.50 bits per heavy atom. The smallest absolute Gasteiger partial charge is 1.00 e. The average molecular weight is 188 g/mol. The molecule has 0 aliphatic heterocycles. The van der Waals surface area contributed by atoms with Gasteiger partial charge in [-0.25, -0.2) is 4.79 Å². The summed E-state index contributed by atoms with van der Waals surface area (Å²) in [6.07, 6.45) is 0.907. The van der Waals surface area contributed by atoms with Gasteiger partial charge in [0.05, 0.1) is 0 Å². The Hall–Kier alpha value is -0.283. The van der Waals surface area contributed by atoms with Crippen LogP contribution in [0.2, 0.25) is 0 Å². The Kier molecular flexibility index (Phi) is 7.43. The third kappa shape index (κ3) is 9.72. The molecule has 5 nitrogen and oxygen atoms in total. The summed E-state index contributed by atoms with van der Waals surface area (Å²) < 4.78 is 32.5. The summed E-state index contributed by atoms with van der Waals surface area (Å²) >= 11 is 0. The summed E-state index contributed by atoms with van der Waals surface area (Å²) in [5.41, 5.74) is 0. The van der Waals surface area contributed by atoms with E-state index < -0.39 is 21.8 Å². The van der Waals surface area contributed by atoms with Gasteiger partial charge < -0.3 is 6.16 Å². The van der Waals surface area contributed by atoms with Crippen molar-refractivity contribution in [3.63, 3.8) is 0 Å². The van der Waals surface area contributed by atoms with E-state index in [1.54, 1.807) is 0 Å². The summed E-state index contributed by atoms with van der Waals surface area (Å²) in [6.45, 7) is 2.73. The number of ether oxygens (including phenoxy) is 1. The second-order valence-corrected chi connectivity index (χ2v) is 3.23. The van der Waals surface area contributed by atoms with E-state index in [1.807, 2.05) is 0 Å². The third-order valence-corrected chi connectivity index (χ3v) is 1.43. The molecule has 0 heterocycles. The first-order valence-corrected chi connectivity index (χ1v) is 4.31. The van der Waals surface area contributed by atoms with Crippen LogP contribution in [-0.4, -0.2) is 31.3 Å². The van der Waals surface area contributed by atoms with Crippen molar-refractivity contribution in [1.29, 1.82) is 0 Å². The minimum absolute atomic E-state index is 0. The largest absolute Gasteiger partial charge is 1.00 e. The SMILES string of the molecule is C=CC(=O)OCCS(=O)(=O)O.[H-].[Li+]. The topological polar surface area (TPSA) is 80.7 Å². The van der Waals surface area contributed by atoms with Crippen molar-refractivity contribution in [1.82, 2.24) is 0 Å². The van der Waals surface area contributed by atoms with E-state index in [2.05, 4.69) is 11.3 Å². The predicted octanol–water partition coefficient (Wildman–Crippen LogP) is -3.28. The number of rotatable bonds is 4. The molecule has 0 atom stereocenters. The first kappa shape index (κ1) is 14.3. The quantitative estimate of drug-likeness (QED) is 0.216. The van der Waals surface area contributed by atoms with Crippen LogP contribution in [0.15, 0.2) is 12.7 Å². The van der Waals surface area contributed by atoms with Crippen molar-refractivity contribution in [2.75, 3.05) is 12.4 Å². The molecule has 12 heavy (non-hydrogen) atoms. The van der Waals surface area contributed by atoms with Gasteiger partial charge in [0.25, 0.3) is 10.1 Å². The molecule has 0 saturated carbocycles. The van der Waals surface area contributed by atoms with Gasteiger partial charge in [0.15, 0.2) is 0 Å². The summed E-state index contributed by atoms with van der Waals surface area (Å²) in [4.78, 5) is 10.3. The molecule has 0 aliphatic carbocycles. The van der Waals surface area contributed by atoms with Crippen molar-refractivity contribution >= 4 is 16.1 Å². The molecule has 0 fully saturated rings. The van der Waals surface area contributed by atoms with Gasteiger partial charge in [-0.1, -0.05) is 6.58 Å². The van der Waals surface area contributed by atoms with Gasteiger partial charge in [0.1, 0.15) is 12.4 Å². The van der Waals surface area contributed by atoms with Crippen molar-refractivity contribution in [2.45, 2.75) is 0 Å². The minimum atomic E-state index is -4.04. The molecule has 0 radical (unpaired) electrons. The van der Waals surface area contributed by atoms with E-state index >= 15 is 0 Å². The summed E-state index contributed by atoms with van der Waals surface area (Å²) in [5.74, 6) is -1.30. The molecule has 0 aromatic carbocycles. The van der Waals surface area contributed by atoms with Crippen LogP contribution in [0.5, 0.6) is 0 Å². The molecule has 0 aromatic heterocycles. The van der Waals surface area contributed by atoms with Crippen LogP contribution < -0.4 is 18.9 Å². The first-order chi connectivity index (χ1) is 4.95. The molecule has 0 amide bonds. The van der Waals surface area contributed by atoms with Gasteiger partial charge in [-0.15, -0.1) is 0 Å². The summed E-state index contributed by atoms with van der Waals surface area (Å²) in [6, 6.07) is 0. The van der Waals surface area contributed by atoms with Gasteiger partial charge in [0.2, 0.25) is 0 Å². The standard InChI is InChI=1S/C5H8O5S.Li.H/c1-2-5(6)10-3-4-11(7,8)9;;/h2H,1,3-4H2,(H,7,8,9);;/q;+1;-1. The molecule has 7 heteroatoms. The Labute approximate surface area is 84.2 Å². The van der Waals surface area contributed by atoms with Gasteiger partial charge in [-0.3, -0.25) is 4.55 Å². The molecular weight excluding hydrogens is 179 g/mol. The maximum atomic E-state index is 10.3. The van der Waals surface area contributed by atoms with Crippen LogP contribution in [0, 0.1) is 0 Å². The zero-order valence-electron chi connectivity index (χ0n) is 7.69. The fourth-order valence-corrected chi connectivity index (χ4v) is 0.600. The van der Waals surface area contributed by atoms with Crippen LogP contribution in [0.4, 0.5) is 0 Å². The fraction of sp³-hybridized carbons (Fsp3) is 0.400. The predicted molar refractivity (Wildman–Crippen MR) is 38.7 cm³/mol. The molecule has 0 spiro atoms. The second kappa shape index (κ2) is 6.26. The Morgan fingerprint density at radius 1 is 1.67 bits per heavy atom. The monoisotopic (exact) mass is 188 g/mol. The van der Waals surface area contributed by atoms with Crippen LogP contribution in [-0.2, 0) is 19.6 Å². The third-order valence-electron chi connectivity index (χ3n) is 0.752. The maximum absolute atomic E-state index is 10.3. The second-order valence-electron chi connectivity index (χ2n) is 1.66. The van der Waals surface area contributed by atoms with Gasteiger partial charge in [-0.05, 0) is 0 Å². The molecule has 0 saturated heterocycles. The summed E-state index contributed by atoms with van der Waals surface area (Å²) in [7, 11) is -4.04. The van der Waals surface area contributed by atoms with Gasteiger partial charge in [-0.2, -0.15) is 8.42 Å². The van der Waals surface area contributed by atoms with Crippen molar-refractivity contribution in [2.24, 2.45) is 0 Å². The molecule has 0 bridgehead atoms. The normalized spacial score (nSPS) is 9.75. The van der Waals surface area contributed by atoms with Crippen molar-refractivity contribution in [3.05, 3.63) is 12.7 Å². The Bertz CT molecular complexity index is 250. The summed E-state index contributed by atoms with van der Waals surface area (Å²) in [5, 5.41) is 0. The molecule has 0 unspecified atom stereocenters. The van der Waals surface area contributed by atoms with E-state index in [-0.39, 0.29) is 26.9 Å².